The van der Waals surface area contributed by atoms with Gasteiger partial charge in [-0.3, -0.25) is 9.69 Å². The number of likely N-dealkylation sites (tertiary alicyclic amines) is 1. The molecule has 0 aromatic rings. The number of carbonyl (C=O) groups is 1. The van der Waals surface area contributed by atoms with Gasteiger partial charge < -0.3 is 5.11 Å². The zero-order chi connectivity index (χ0) is 12.0. The fourth-order valence-electron chi connectivity index (χ4n) is 3.43. The van der Waals surface area contributed by atoms with Gasteiger partial charge in [0.1, 0.15) is 5.54 Å². The van der Waals surface area contributed by atoms with Crippen LogP contribution < -0.4 is 0 Å². The van der Waals surface area contributed by atoms with Crippen LogP contribution in [-0.4, -0.2) is 34.6 Å². The maximum absolute atomic E-state index is 11.6. The molecule has 2 fully saturated rings. The summed E-state index contributed by atoms with van der Waals surface area (Å²) in [4.78, 5) is 13.8. The maximum Gasteiger partial charge on any atom is 0.324 e. The minimum atomic E-state index is -0.602. The lowest BCUT2D eigenvalue weighted by molar-refractivity contribution is -0.167. The number of hydrogen-bond acceptors (Lipinski definition) is 2. The Morgan fingerprint density at radius 3 is 2.44 bits per heavy atom. The number of hydrogen-bond donors (Lipinski definition) is 1. The average molecular weight is 225 g/mol. The summed E-state index contributed by atoms with van der Waals surface area (Å²) in [7, 11) is 0. The second-order valence-electron chi connectivity index (χ2n) is 6.56. The van der Waals surface area contributed by atoms with Gasteiger partial charge in [0.2, 0.25) is 0 Å². The van der Waals surface area contributed by atoms with Crippen LogP contribution in [0.1, 0.15) is 46.5 Å². The van der Waals surface area contributed by atoms with Crippen molar-refractivity contribution in [1.29, 1.82) is 0 Å². The molecule has 2 atom stereocenters. The number of carboxylic acid groups (broad SMARTS) is 1. The van der Waals surface area contributed by atoms with Crippen LogP contribution in [0, 0.1) is 11.3 Å². The SMILES string of the molecule is CC1CCCC(C(=O)O)(N2CC(C)(C)C2)C1. The van der Waals surface area contributed by atoms with E-state index in [9.17, 15) is 9.90 Å². The molecule has 3 heteroatoms. The van der Waals surface area contributed by atoms with E-state index >= 15 is 0 Å². The van der Waals surface area contributed by atoms with Crippen LogP contribution in [0.15, 0.2) is 0 Å². The third-order valence-corrected chi connectivity index (χ3v) is 4.21. The molecule has 92 valence electrons. The molecule has 1 N–H and O–H groups in total. The molecular weight excluding hydrogens is 202 g/mol. The van der Waals surface area contributed by atoms with Gasteiger partial charge in [0.15, 0.2) is 0 Å². The molecule has 0 spiro atoms. The van der Waals surface area contributed by atoms with E-state index in [2.05, 4.69) is 25.7 Å². The number of rotatable bonds is 2. The summed E-state index contributed by atoms with van der Waals surface area (Å²) in [6.07, 6.45) is 3.91. The average Bonchev–Trinajstić information content (AvgIpc) is 2.13. The zero-order valence-electron chi connectivity index (χ0n) is 10.6. The van der Waals surface area contributed by atoms with Crippen LogP contribution in [0.4, 0.5) is 0 Å². The molecule has 0 aromatic heterocycles. The molecule has 16 heavy (non-hydrogen) atoms. The smallest absolute Gasteiger partial charge is 0.324 e. The van der Waals surface area contributed by atoms with Gasteiger partial charge in [0.05, 0.1) is 0 Å². The predicted molar refractivity (Wildman–Crippen MR) is 63.4 cm³/mol. The first-order chi connectivity index (χ1) is 7.36. The molecule has 0 amide bonds. The molecule has 1 saturated heterocycles. The van der Waals surface area contributed by atoms with E-state index in [1.54, 1.807) is 0 Å². The van der Waals surface area contributed by atoms with Crippen molar-refractivity contribution in [3.63, 3.8) is 0 Å². The summed E-state index contributed by atoms with van der Waals surface area (Å²) in [5, 5.41) is 9.57. The second-order valence-corrected chi connectivity index (χ2v) is 6.56. The Bertz CT molecular complexity index is 292. The van der Waals surface area contributed by atoms with Crippen LogP contribution in [0.2, 0.25) is 0 Å². The molecule has 2 aliphatic rings. The Kier molecular flexibility index (Phi) is 2.77. The summed E-state index contributed by atoms with van der Waals surface area (Å²) < 4.78 is 0. The molecule has 1 aliphatic carbocycles. The first-order valence-electron chi connectivity index (χ1n) is 6.34. The van der Waals surface area contributed by atoms with Crippen molar-refractivity contribution in [1.82, 2.24) is 4.90 Å². The van der Waals surface area contributed by atoms with Crippen molar-refractivity contribution in [2.24, 2.45) is 11.3 Å². The third-order valence-electron chi connectivity index (χ3n) is 4.21. The van der Waals surface area contributed by atoms with Gasteiger partial charge in [-0.1, -0.05) is 33.6 Å². The highest BCUT2D eigenvalue weighted by Crippen LogP contribution is 2.43. The summed E-state index contributed by atoms with van der Waals surface area (Å²) in [5.41, 5.74) is -0.240. The summed E-state index contributed by atoms with van der Waals surface area (Å²) in [5.74, 6) is -0.0527. The normalized spacial score (nSPS) is 39.1. The number of nitrogens with zero attached hydrogens (tertiary/aromatic N) is 1. The lowest BCUT2D eigenvalue weighted by Crippen LogP contribution is -2.67. The minimum absolute atomic E-state index is 0.309. The van der Waals surface area contributed by atoms with E-state index < -0.39 is 11.5 Å². The predicted octanol–water partition coefficient (Wildman–Crippen LogP) is 2.36. The van der Waals surface area contributed by atoms with Gasteiger partial charge in [-0.05, 0) is 24.2 Å². The molecule has 1 saturated carbocycles. The molecule has 3 nitrogen and oxygen atoms in total. The lowest BCUT2D eigenvalue weighted by Gasteiger charge is -2.56. The molecule has 1 heterocycles. The van der Waals surface area contributed by atoms with Gasteiger partial charge in [0, 0.05) is 13.1 Å². The minimum Gasteiger partial charge on any atom is -0.480 e. The van der Waals surface area contributed by atoms with E-state index in [0.717, 1.165) is 32.4 Å². The highest BCUT2D eigenvalue weighted by molar-refractivity contribution is 5.79. The maximum atomic E-state index is 11.6. The highest BCUT2D eigenvalue weighted by atomic mass is 16.4. The van der Waals surface area contributed by atoms with Crippen molar-refractivity contribution in [2.75, 3.05) is 13.1 Å². The number of aliphatic carboxylic acids is 1. The van der Waals surface area contributed by atoms with Gasteiger partial charge in [0.25, 0.3) is 0 Å². The van der Waals surface area contributed by atoms with Gasteiger partial charge >= 0.3 is 5.97 Å². The monoisotopic (exact) mass is 225 g/mol. The van der Waals surface area contributed by atoms with E-state index in [4.69, 9.17) is 0 Å². The van der Waals surface area contributed by atoms with Crippen molar-refractivity contribution in [3.8, 4) is 0 Å². The molecule has 0 bridgehead atoms. The van der Waals surface area contributed by atoms with Crippen LogP contribution in [0.5, 0.6) is 0 Å². The zero-order valence-corrected chi connectivity index (χ0v) is 10.6. The molecule has 2 unspecified atom stereocenters. The van der Waals surface area contributed by atoms with Crippen molar-refractivity contribution in [3.05, 3.63) is 0 Å². The van der Waals surface area contributed by atoms with Gasteiger partial charge in [-0.15, -0.1) is 0 Å². The Hall–Kier alpha value is -0.570. The summed E-state index contributed by atoms with van der Waals surface area (Å²) >= 11 is 0. The molecule has 0 radical (unpaired) electrons. The van der Waals surface area contributed by atoms with Crippen molar-refractivity contribution >= 4 is 5.97 Å². The largest absolute Gasteiger partial charge is 0.480 e. The first-order valence-corrected chi connectivity index (χ1v) is 6.34. The van der Waals surface area contributed by atoms with E-state index in [-0.39, 0.29) is 0 Å². The third kappa shape index (κ3) is 1.86. The molecular formula is C13H23NO2. The van der Waals surface area contributed by atoms with E-state index in [0.29, 0.717) is 11.3 Å². The fourth-order valence-corrected chi connectivity index (χ4v) is 3.43. The second kappa shape index (κ2) is 3.73. The highest BCUT2D eigenvalue weighted by Gasteiger charge is 2.52. The van der Waals surface area contributed by atoms with E-state index in [1.807, 2.05) is 0 Å². The topological polar surface area (TPSA) is 40.5 Å². The van der Waals surface area contributed by atoms with Crippen LogP contribution in [0.3, 0.4) is 0 Å². The Labute approximate surface area is 97.8 Å². The standard InChI is InChI=1S/C13H23NO2/c1-10-5-4-6-13(7-10,11(15)16)14-8-12(2,3)9-14/h10H,4-9H2,1-3H3,(H,15,16). The van der Waals surface area contributed by atoms with Crippen molar-refractivity contribution in [2.45, 2.75) is 52.0 Å². The van der Waals surface area contributed by atoms with Gasteiger partial charge in [-0.25, -0.2) is 0 Å². The summed E-state index contributed by atoms with van der Waals surface area (Å²) in [6.45, 7) is 8.48. The van der Waals surface area contributed by atoms with Crippen molar-refractivity contribution < 1.29 is 9.90 Å². The molecule has 2 rings (SSSR count). The van der Waals surface area contributed by atoms with Crippen LogP contribution in [-0.2, 0) is 4.79 Å². The number of carboxylic acids is 1. The fraction of sp³-hybridized carbons (Fsp3) is 0.923. The Morgan fingerprint density at radius 2 is 2.00 bits per heavy atom. The Balaban J connectivity index is 2.14. The lowest BCUT2D eigenvalue weighted by atomic mass is 9.70. The quantitative estimate of drug-likeness (QED) is 0.784. The van der Waals surface area contributed by atoms with Crippen LogP contribution in [0.25, 0.3) is 0 Å². The first kappa shape index (κ1) is 11.9. The van der Waals surface area contributed by atoms with Crippen LogP contribution >= 0.6 is 0 Å². The molecule has 1 aliphatic heterocycles. The molecule has 0 aromatic carbocycles. The van der Waals surface area contributed by atoms with Gasteiger partial charge in [-0.2, -0.15) is 0 Å². The Morgan fingerprint density at radius 1 is 1.38 bits per heavy atom. The summed E-state index contributed by atoms with van der Waals surface area (Å²) in [6, 6.07) is 0. The van der Waals surface area contributed by atoms with E-state index in [1.165, 1.54) is 6.42 Å².